The molecular formula is C52H84O23. The number of ether oxygens (including phenoxy) is 10. The van der Waals surface area contributed by atoms with Gasteiger partial charge in [0.05, 0.1) is 38.6 Å². The van der Waals surface area contributed by atoms with Gasteiger partial charge in [-0.1, -0.05) is 32.4 Å². The molecule has 13 N–H and O–H groups in total. The van der Waals surface area contributed by atoms with Gasteiger partial charge in [-0.2, -0.15) is 0 Å². The van der Waals surface area contributed by atoms with E-state index in [4.69, 9.17) is 47.4 Å². The minimum Gasteiger partial charge on any atom is -0.492 e. The number of allylic oxidation sites excluding steroid dienone is 2. The molecule has 5 heterocycles. The van der Waals surface area contributed by atoms with Crippen LogP contribution in [0.3, 0.4) is 0 Å². The van der Waals surface area contributed by atoms with E-state index < -0.39 is 154 Å². The Labute approximate surface area is 436 Å². The minimum absolute atomic E-state index is 0.0514. The minimum atomic E-state index is -1.88. The van der Waals surface area contributed by atoms with Crippen molar-refractivity contribution >= 4 is 0 Å². The van der Waals surface area contributed by atoms with Crippen LogP contribution in [-0.4, -0.2) is 241 Å². The molecule has 5 saturated heterocycles. The summed E-state index contributed by atoms with van der Waals surface area (Å²) in [5, 5.41) is 137. The van der Waals surface area contributed by atoms with E-state index in [1.165, 1.54) is 12.5 Å². The monoisotopic (exact) mass is 1080 g/mol. The van der Waals surface area contributed by atoms with Gasteiger partial charge in [0.2, 0.25) is 0 Å². The molecule has 8 fully saturated rings. The average Bonchev–Trinajstić information content (AvgIpc) is 3.97. The van der Waals surface area contributed by atoms with Crippen molar-refractivity contribution in [3.8, 4) is 0 Å². The van der Waals surface area contributed by atoms with Crippen LogP contribution in [0.1, 0.15) is 86.0 Å². The van der Waals surface area contributed by atoms with Crippen molar-refractivity contribution < 1.29 is 114 Å². The SMILES string of the molecule is CO[C@]1(C)/C(=C/C[C@@H](C)CO[C@@H]2O[C@H](CO)[C@@H](O)[C@H](O)[C@H]2O)O[C@@H]2C[C@@H]3[C@@H]4CC=C5C[C@@H](O[C@@H]6O[C@H](CO)[C@@H](O)[C@H](O[C@@H]7O[C@H](CO)[C@@H](O)[C@H](O)[C@H]7O)[C@H]6O[C@@H]6O[C@@H](C)[C@H](O)[C@@H](O)[C@H]6O)CC[C@]5(C)[C@@H]4CC[C@]3(C)[C@@H]21. The largest absolute Gasteiger partial charge is 0.492 e. The Morgan fingerprint density at radius 1 is 0.653 bits per heavy atom. The van der Waals surface area contributed by atoms with Gasteiger partial charge < -0.3 is 114 Å². The van der Waals surface area contributed by atoms with E-state index >= 15 is 0 Å². The standard InChI is InChI=1S/C52H84O23/c1-21(20-67-46-40(63)38(61)34(57)29(17-53)71-46)7-10-32-52(5,66-6)45-28(70-32)16-27-25-9-8-23-15-24(11-13-50(23,3)26(25)12-14-51(27,45)4)69-49-44(75-47-41(64)37(60)33(56)22(2)68-47)43(36(59)31(19-55)73-49)74-48-42(65)39(62)35(58)30(18-54)72-48/h8,10,21-22,24-31,33-49,53-65H,7,9,11-20H2,1-6H3/b32-10-/t21-,22+,24+,25-,26-,27-,28-,29-,30-,31-,33+,34-,35-,36-,37-,38+,39+,40-,41-,42-,43+,44-,45-,46-,47+,48+,49-,50+,51+,52-/m1/s1. The van der Waals surface area contributed by atoms with Crippen LogP contribution in [0, 0.1) is 40.4 Å². The van der Waals surface area contributed by atoms with E-state index in [1.54, 1.807) is 7.11 Å². The fraction of sp³-hybridized carbons (Fsp3) is 0.923. The Balaban J connectivity index is 0.887. The molecule has 0 aromatic rings. The molecule has 9 aliphatic rings. The second-order valence-corrected chi connectivity index (χ2v) is 23.7. The first-order valence-corrected chi connectivity index (χ1v) is 27.0. The topological polar surface area (TPSA) is 355 Å². The molecule has 430 valence electrons. The van der Waals surface area contributed by atoms with E-state index in [1.807, 2.05) is 6.92 Å². The molecule has 5 aliphatic heterocycles. The van der Waals surface area contributed by atoms with Crippen molar-refractivity contribution in [1.29, 1.82) is 0 Å². The summed E-state index contributed by atoms with van der Waals surface area (Å²) in [4.78, 5) is 0. The van der Waals surface area contributed by atoms with Crippen molar-refractivity contribution in [2.24, 2.45) is 40.4 Å². The first-order valence-electron chi connectivity index (χ1n) is 27.0. The highest BCUT2D eigenvalue weighted by Gasteiger charge is 2.69. The zero-order chi connectivity index (χ0) is 54.2. The Bertz CT molecular complexity index is 2000. The fourth-order valence-corrected chi connectivity index (χ4v) is 14.8. The van der Waals surface area contributed by atoms with Gasteiger partial charge in [-0.25, -0.2) is 0 Å². The Hall–Kier alpha value is -1.60. The van der Waals surface area contributed by atoms with Gasteiger partial charge in [0.15, 0.2) is 25.2 Å². The summed E-state index contributed by atoms with van der Waals surface area (Å²) in [6, 6.07) is 0. The molecule has 23 heteroatoms. The Morgan fingerprint density at radius 2 is 1.23 bits per heavy atom. The summed E-state index contributed by atoms with van der Waals surface area (Å²) in [7, 11) is 1.74. The molecule has 0 spiro atoms. The molecule has 9 rings (SSSR count). The molecule has 4 aliphatic carbocycles. The third kappa shape index (κ3) is 10.3. The third-order valence-electron chi connectivity index (χ3n) is 19.3. The van der Waals surface area contributed by atoms with Gasteiger partial charge in [0.25, 0.3) is 0 Å². The summed E-state index contributed by atoms with van der Waals surface area (Å²) in [5.41, 5.74) is 0.290. The summed E-state index contributed by atoms with van der Waals surface area (Å²) < 4.78 is 61.5. The van der Waals surface area contributed by atoms with Crippen LogP contribution in [-0.2, 0) is 47.4 Å². The first kappa shape index (κ1) is 58.1. The summed E-state index contributed by atoms with van der Waals surface area (Å²) in [5.74, 6) is 1.92. The molecule has 0 bridgehead atoms. The Kier molecular flexibility index (Phi) is 17.6. The van der Waals surface area contributed by atoms with E-state index in [2.05, 4.69) is 32.9 Å². The lowest BCUT2D eigenvalue weighted by Gasteiger charge is -2.59. The highest BCUT2D eigenvalue weighted by atomic mass is 16.8. The maximum Gasteiger partial charge on any atom is 0.187 e. The second-order valence-electron chi connectivity index (χ2n) is 23.7. The highest BCUT2D eigenvalue weighted by Crippen LogP contribution is 2.70. The average molecular weight is 1080 g/mol. The predicted molar refractivity (Wildman–Crippen MR) is 255 cm³/mol. The number of hydrogen-bond donors (Lipinski definition) is 13. The van der Waals surface area contributed by atoms with E-state index in [0.29, 0.717) is 37.0 Å². The van der Waals surface area contributed by atoms with Gasteiger partial charge >= 0.3 is 0 Å². The van der Waals surface area contributed by atoms with Gasteiger partial charge in [-0.3, -0.25) is 0 Å². The van der Waals surface area contributed by atoms with Gasteiger partial charge in [-0.15, -0.1) is 0 Å². The molecule has 3 saturated carbocycles. The molecule has 0 aromatic carbocycles. The summed E-state index contributed by atoms with van der Waals surface area (Å²) in [6.07, 6.45) is -20.5. The number of methoxy groups -OCH3 is 1. The van der Waals surface area contributed by atoms with Crippen LogP contribution in [0.15, 0.2) is 23.5 Å². The van der Waals surface area contributed by atoms with Crippen LogP contribution < -0.4 is 0 Å². The van der Waals surface area contributed by atoms with Crippen molar-refractivity contribution in [3.05, 3.63) is 23.5 Å². The van der Waals surface area contributed by atoms with E-state index in [-0.39, 0.29) is 35.4 Å². The highest BCUT2D eigenvalue weighted by molar-refractivity contribution is 5.30. The van der Waals surface area contributed by atoms with E-state index in [0.717, 1.165) is 37.9 Å². The van der Waals surface area contributed by atoms with Crippen LogP contribution in [0.5, 0.6) is 0 Å². The van der Waals surface area contributed by atoms with Crippen LogP contribution >= 0.6 is 0 Å². The number of fused-ring (bicyclic) bond motifs is 7. The molecule has 23 nitrogen and oxygen atoms in total. The third-order valence-corrected chi connectivity index (χ3v) is 19.3. The molecular weight excluding hydrogens is 993 g/mol. The normalized spacial score (nSPS) is 53.8. The zero-order valence-corrected chi connectivity index (χ0v) is 43.6. The van der Waals surface area contributed by atoms with Crippen molar-refractivity contribution in [2.75, 3.05) is 33.5 Å². The van der Waals surface area contributed by atoms with E-state index in [9.17, 15) is 66.4 Å². The lowest BCUT2D eigenvalue weighted by Crippen LogP contribution is -2.67. The molecule has 0 radical (unpaired) electrons. The van der Waals surface area contributed by atoms with Crippen molar-refractivity contribution in [2.45, 2.75) is 227 Å². The lowest BCUT2D eigenvalue weighted by atomic mass is 9.46. The maximum absolute atomic E-state index is 11.6. The maximum atomic E-state index is 11.6. The Morgan fingerprint density at radius 3 is 1.87 bits per heavy atom. The van der Waals surface area contributed by atoms with Gasteiger partial charge in [0, 0.05) is 13.0 Å². The number of aliphatic hydroxyl groups is 13. The van der Waals surface area contributed by atoms with Crippen molar-refractivity contribution in [3.63, 3.8) is 0 Å². The molecule has 30 atom stereocenters. The molecule has 0 amide bonds. The quantitative estimate of drug-likeness (QED) is 0.0758. The number of aliphatic hydroxyl groups excluding tert-OH is 13. The van der Waals surface area contributed by atoms with Gasteiger partial charge in [0.1, 0.15) is 109 Å². The fourth-order valence-electron chi connectivity index (χ4n) is 14.8. The molecule has 0 unspecified atom stereocenters. The molecule has 75 heavy (non-hydrogen) atoms. The van der Waals surface area contributed by atoms with Crippen LogP contribution in [0.25, 0.3) is 0 Å². The first-order chi connectivity index (χ1) is 35.5. The smallest absolute Gasteiger partial charge is 0.187 e. The molecule has 0 aromatic heterocycles. The van der Waals surface area contributed by atoms with Crippen LogP contribution in [0.4, 0.5) is 0 Å². The van der Waals surface area contributed by atoms with Gasteiger partial charge in [-0.05, 0) is 106 Å². The predicted octanol–water partition coefficient (Wildman–Crippen LogP) is -2.43. The van der Waals surface area contributed by atoms with Crippen molar-refractivity contribution in [1.82, 2.24) is 0 Å². The summed E-state index contributed by atoms with van der Waals surface area (Å²) >= 11 is 0. The lowest BCUT2D eigenvalue weighted by molar-refractivity contribution is -0.394. The van der Waals surface area contributed by atoms with Crippen LogP contribution in [0.2, 0.25) is 0 Å². The second kappa shape index (κ2) is 22.7. The zero-order valence-electron chi connectivity index (χ0n) is 43.6. The number of rotatable bonds is 15. The summed E-state index contributed by atoms with van der Waals surface area (Å²) in [6.45, 7) is 8.48. The number of hydrogen-bond acceptors (Lipinski definition) is 23.